The highest BCUT2D eigenvalue weighted by atomic mass is 15.4. The van der Waals surface area contributed by atoms with Crippen LogP contribution in [-0.2, 0) is 19.5 Å². The summed E-state index contributed by atoms with van der Waals surface area (Å²) in [6.45, 7) is 7.70. The van der Waals surface area contributed by atoms with Crippen LogP contribution in [0, 0.1) is 24.2 Å². The number of aromatic nitrogens is 5. The molecule has 5 heterocycles. The molecular formula is C21H22N8. The number of hydrogen-bond donors (Lipinski definition) is 0. The zero-order valence-corrected chi connectivity index (χ0v) is 16.6. The summed E-state index contributed by atoms with van der Waals surface area (Å²) < 4.78 is 2.07. The third-order valence-corrected chi connectivity index (χ3v) is 5.66. The monoisotopic (exact) mass is 386 g/mol. The van der Waals surface area contributed by atoms with Gasteiger partial charge in [0.2, 0.25) is 0 Å². The van der Waals surface area contributed by atoms with Gasteiger partial charge in [-0.2, -0.15) is 10.4 Å². The Labute approximate surface area is 169 Å². The molecular weight excluding hydrogens is 364 g/mol. The van der Waals surface area contributed by atoms with E-state index in [0.717, 1.165) is 61.2 Å². The molecule has 0 radical (unpaired) electrons. The summed E-state index contributed by atoms with van der Waals surface area (Å²) in [6, 6.07) is 8.16. The van der Waals surface area contributed by atoms with Crippen LogP contribution in [-0.4, -0.2) is 38.1 Å². The predicted molar refractivity (Wildman–Crippen MR) is 109 cm³/mol. The number of aryl methyl sites for hydroxylation is 1. The maximum Gasteiger partial charge on any atom is 0.163 e. The molecule has 3 aromatic heterocycles. The topological polar surface area (TPSA) is 86.8 Å². The zero-order chi connectivity index (χ0) is 20.0. The number of rotatable bonds is 2. The van der Waals surface area contributed by atoms with E-state index >= 15 is 0 Å². The molecule has 0 aromatic carbocycles. The van der Waals surface area contributed by atoms with E-state index in [9.17, 15) is 0 Å². The van der Waals surface area contributed by atoms with Crippen molar-refractivity contribution in [1.29, 1.82) is 5.26 Å². The molecule has 3 aromatic rings. The van der Waals surface area contributed by atoms with E-state index in [4.69, 9.17) is 10.2 Å². The minimum Gasteiger partial charge on any atom is -0.350 e. The fourth-order valence-electron chi connectivity index (χ4n) is 4.28. The first-order valence-electron chi connectivity index (χ1n) is 9.89. The molecule has 0 amide bonds. The lowest BCUT2D eigenvalue weighted by Crippen LogP contribution is -2.35. The molecule has 1 unspecified atom stereocenters. The van der Waals surface area contributed by atoms with Gasteiger partial charge in [0, 0.05) is 44.4 Å². The summed E-state index contributed by atoms with van der Waals surface area (Å²) in [5, 5.41) is 21.8. The van der Waals surface area contributed by atoms with Crippen LogP contribution in [0.15, 0.2) is 30.6 Å². The fraction of sp³-hybridized carbons (Fsp3) is 0.381. The van der Waals surface area contributed by atoms with Crippen LogP contribution in [0.4, 0.5) is 17.3 Å². The maximum atomic E-state index is 9.04. The smallest absolute Gasteiger partial charge is 0.163 e. The summed E-state index contributed by atoms with van der Waals surface area (Å²) >= 11 is 0. The van der Waals surface area contributed by atoms with Crippen molar-refractivity contribution in [3.8, 4) is 6.07 Å². The standard InChI is InChI=1S/C21H22N8/c1-14-11-28(20-3-5-24-29(20)12-14)18-8-16-13-27(6-4-19(16)23-10-18)21-15(2)7-17(9-22)25-26-21/h3,5,7-8,10,14H,4,6,11-13H2,1-2H3. The highest BCUT2D eigenvalue weighted by Gasteiger charge is 2.26. The summed E-state index contributed by atoms with van der Waals surface area (Å²) in [7, 11) is 0. The van der Waals surface area contributed by atoms with Gasteiger partial charge in [-0.3, -0.25) is 4.98 Å². The van der Waals surface area contributed by atoms with Crippen molar-refractivity contribution < 1.29 is 0 Å². The van der Waals surface area contributed by atoms with Gasteiger partial charge in [0.25, 0.3) is 0 Å². The Balaban J connectivity index is 1.46. The summed E-state index contributed by atoms with van der Waals surface area (Å²) in [6.07, 6.45) is 4.71. The molecule has 29 heavy (non-hydrogen) atoms. The van der Waals surface area contributed by atoms with E-state index in [2.05, 4.69) is 54.9 Å². The predicted octanol–water partition coefficient (Wildman–Crippen LogP) is 2.60. The van der Waals surface area contributed by atoms with Crippen LogP contribution in [0.25, 0.3) is 0 Å². The first-order chi connectivity index (χ1) is 14.1. The van der Waals surface area contributed by atoms with Crippen LogP contribution in [0.5, 0.6) is 0 Å². The lowest BCUT2D eigenvalue weighted by atomic mass is 10.0. The maximum absolute atomic E-state index is 9.04. The number of anilines is 3. The average Bonchev–Trinajstić information content (AvgIpc) is 3.20. The number of nitriles is 1. The number of fused-ring (bicyclic) bond motifs is 2. The van der Waals surface area contributed by atoms with Gasteiger partial charge in [-0.05, 0) is 36.1 Å². The van der Waals surface area contributed by atoms with Gasteiger partial charge in [-0.25, -0.2) is 4.68 Å². The minimum absolute atomic E-state index is 0.350. The average molecular weight is 386 g/mol. The van der Waals surface area contributed by atoms with Crippen molar-refractivity contribution in [2.24, 2.45) is 5.92 Å². The van der Waals surface area contributed by atoms with E-state index in [1.54, 1.807) is 6.07 Å². The molecule has 5 rings (SSSR count). The lowest BCUT2D eigenvalue weighted by molar-refractivity contribution is 0.423. The van der Waals surface area contributed by atoms with Crippen LogP contribution in [0.3, 0.4) is 0 Å². The third-order valence-electron chi connectivity index (χ3n) is 5.66. The first kappa shape index (κ1) is 17.6. The van der Waals surface area contributed by atoms with Gasteiger partial charge >= 0.3 is 0 Å². The fourth-order valence-corrected chi connectivity index (χ4v) is 4.28. The van der Waals surface area contributed by atoms with Crippen molar-refractivity contribution in [2.75, 3.05) is 22.9 Å². The molecule has 2 aliphatic heterocycles. The Bertz CT molecular complexity index is 1110. The summed E-state index contributed by atoms with van der Waals surface area (Å²) in [5.74, 6) is 2.47. The largest absolute Gasteiger partial charge is 0.350 e. The highest BCUT2D eigenvalue weighted by Crippen LogP contribution is 2.33. The van der Waals surface area contributed by atoms with Gasteiger partial charge in [0.05, 0.1) is 18.1 Å². The molecule has 8 nitrogen and oxygen atoms in total. The minimum atomic E-state index is 0.350. The van der Waals surface area contributed by atoms with E-state index in [1.165, 1.54) is 5.56 Å². The van der Waals surface area contributed by atoms with E-state index in [-0.39, 0.29) is 0 Å². The molecule has 0 bridgehead atoms. The van der Waals surface area contributed by atoms with E-state index in [1.807, 2.05) is 19.3 Å². The Hall–Kier alpha value is -3.47. The van der Waals surface area contributed by atoms with Gasteiger partial charge in [0.1, 0.15) is 11.9 Å². The molecule has 2 aliphatic rings. The number of pyridine rings is 1. The summed E-state index contributed by atoms with van der Waals surface area (Å²) in [5.41, 5.74) is 4.77. The van der Waals surface area contributed by atoms with Gasteiger partial charge < -0.3 is 9.80 Å². The van der Waals surface area contributed by atoms with Crippen LogP contribution in [0.2, 0.25) is 0 Å². The number of hydrogen-bond acceptors (Lipinski definition) is 7. The van der Waals surface area contributed by atoms with Crippen LogP contribution in [0.1, 0.15) is 29.4 Å². The second-order valence-electron chi connectivity index (χ2n) is 7.91. The lowest BCUT2D eigenvalue weighted by Gasteiger charge is -2.34. The second-order valence-corrected chi connectivity index (χ2v) is 7.91. The molecule has 0 saturated carbocycles. The van der Waals surface area contributed by atoms with Crippen molar-refractivity contribution in [2.45, 2.75) is 33.4 Å². The van der Waals surface area contributed by atoms with Gasteiger partial charge in [-0.15, -0.1) is 10.2 Å². The van der Waals surface area contributed by atoms with Gasteiger partial charge in [0.15, 0.2) is 11.5 Å². The van der Waals surface area contributed by atoms with Crippen molar-refractivity contribution >= 4 is 17.3 Å². The number of nitrogens with zero attached hydrogens (tertiary/aromatic N) is 8. The molecule has 0 spiro atoms. The first-order valence-corrected chi connectivity index (χ1v) is 9.89. The summed E-state index contributed by atoms with van der Waals surface area (Å²) in [4.78, 5) is 9.31. The third kappa shape index (κ3) is 3.09. The Kier molecular flexibility index (Phi) is 4.16. The molecule has 0 aliphatic carbocycles. The second kappa shape index (κ2) is 6.85. The van der Waals surface area contributed by atoms with Crippen molar-refractivity contribution in [3.05, 3.63) is 53.1 Å². The SMILES string of the molecule is Cc1cc(C#N)nnc1N1CCc2ncc(N3CC(C)Cn4nccc43)cc2C1. The molecule has 0 fully saturated rings. The zero-order valence-electron chi connectivity index (χ0n) is 16.6. The molecule has 8 heteroatoms. The molecule has 0 saturated heterocycles. The Morgan fingerprint density at radius 3 is 2.93 bits per heavy atom. The Morgan fingerprint density at radius 1 is 1.21 bits per heavy atom. The quantitative estimate of drug-likeness (QED) is 0.669. The van der Waals surface area contributed by atoms with Crippen molar-refractivity contribution in [3.63, 3.8) is 0 Å². The van der Waals surface area contributed by atoms with Crippen molar-refractivity contribution in [1.82, 2.24) is 25.0 Å². The van der Waals surface area contributed by atoms with Crippen LogP contribution < -0.4 is 9.80 Å². The molecule has 0 N–H and O–H groups in total. The van der Waals surface area contributed by atoms with Crippen LogP contribution >= 0.6 is 0 Å². The molecule has 1 atom stereocenters. The Morgan fingerprint density at radius 2 is 2.10 bits per heavy atom. The van der Waals surface area contributed by atoms with E-state index in [0.29, 0.717) is 11.6 Å². The van der Waals surface area contributed by atoms with E-state index < -0.39 is 0 Å². The normalized spacial score (nSPS) is 18.2. The molecule has 146 valence electrons. The van der Waals surface area contributed by atoms with Gasteiger partial charge in [-0.1, -0.05) is 6.92 Å². The highest BCUT2D eigenvalue weighted by molar-refractivity contribution is 5.62.